The fourth-order valence-corrected chi connectivity index (χ4v) is 2.68. The number of methoxy groups -OCH3 is 1. The predicted octanol–water partition coefficient (Wildman–Crippen LogP) is 2.33. The second kappa shape index (κ2) is 11.3. The molecule has 2 rings (SSSR count). The number of halogens is 3. The highest BCUT2D eigenvalue weighted by Crippen LogP contribution is 2.29. The van der Waals surface area contributed by atoms with Crippen LogP contribution >= 0.6 is 24.8 Å². The molecule has 1 aromatic carbocycles. The minimum absolute atomic E-state index is 0. The summed E-state index contributed by atoms with van der Waals surface area (Å²) in [6, 6.07) is 4.57. The summed E-state index contributed by atoms with van der Waals surface area (Å²) in [6.45, 7) is 3.72. The van der Waals surface area contributed by atoms with Crippen molar-refractivity contribution in [1.29, 1.82) is 0 Å². The molecule has 0 saturated carbocycles. The van der Waals surface area contributed by atoms with Gasteiger partial charge in [-0.3, -0.25) is 4.79 Å². The van der Waals surface area contributed by atoms with Crippen LogP contribution in [0.1, 0.15) is 12.8 Å². The number of rotatable bonds is 6. The standard InChI is InChI=1S/C16H24FN3O2.2ClH/c1-18-7-3-4-16(21)20-10-8-19(9-11-20)14-6-5-13(17)12-15(14)22-2;;/h5-6,12,18H,3-4,7-11H2,1-2H3;2*1H. The van der Waals surface area contributed by atoms with Gasteiger partial charge in [0.2, 0.25) is 5.91 Å². The number of anilines is 1. The largest absolute Gasteiger partial charge is 0.494 e. The third-order valence-corrected chi connectivity index (χ3v) is 3.93. The van der Waals surface area contributed by atoms with Gasteiger partial charge in [-0.25, -0.2) is 4.39 Å². The van der Waals surface area contributed by atoms with E-state index in [4.69, 9.17) is 4.74 Å². The molecule has 0 aliphatic carbocycles. The van der Waals surface area contributed by atoms with Crippen molar-refractivity contribution in [3.8, 4) is 5.75 Å². The third-order valence-electron chi connectivity index (χ3n) is 3.93. The van der Waals surface area contributed by atoms with E-state index in [-0.39, 0.29) is 36.5 Å². The van der Waals surface area contributed by atoms with Gasteiger partial charge in [0.15, 0.2) is 0 Å². The van der Waals surface area contributed by atoms with Gasteiger partial charge in [-0.1, -0.05) is 0 Å². The van der Waals surface area contributed by atoms with Crippen molar-refractivity contribution in [2.45, 2.75) is 12.8 Å². The maximum absolute atomic E-state index is 13.3. The van der Waals surface area contributed by atoms with Crippen LogP contribution in [0.3, 0.4) is 0 Å². The van der Waals surface area contributed by atoms with Gasteiger partial charge in [0.25, 0.3) is 0 Å². The first-order valence-corrected chi connectivity index (χ1v) is 7.66. The fourth-order valence-electron chi connectivity index (χ4n) is 2.68. The van der Waals surface area contributed by atoms with Crippen molar-refractivity contribution in [2.24, 2.45) is 0 Å². The molecule has 0 unspecified atom stereocenters. The lowest BCUT2D eigenvalue weighted by Gasteiger charge is -2.36. The smallest absolute Gasteiger partial charge is 0.222 e. The molecule has 1 N–H and O–H groups in total. The van der Waals surface area contributed by atoms with Crippen LogP contribution in [0.25, 0.3) is 0 Å². The Labute approximate surface area is 155 Å². The second-order valence-electron chi connectivity index (χ2n) is 5.39. The summed E-state index contributed by atoms with van der Waals surface area (Å²) in [5, 5.41) is 3.05. The molecule has 0 spiro atoms. The normalized spacial score (nSPS) is 13.8. The van der Waals surface area contributed by atoms with Gasteiger partial charge in [0.1, 0.15) is 11.6 Å². The molecule has 1 fully saturated rings. The van der Waals surface area contributed by atoms with Gasteiger partial charge in [-0.05, 0) is 32.1 Å². The molecule has 24 heavy (non-hydrogen) atoms. The zero-order valence-electron chi connectivity index (χ0n) is 14.1. The van der Waals surface area contributed by atoms with E-state index in [1.807, 2.05) is 11.9 Å². The van der Waals surface area contributed by atoms with Gasteiger partial charge in [-0.2, -0.15) is 0 Å². The molecule has 5 nitrogen and oxygen atoms in total. The van der Waals surface area contributed by atoms with Crippen LogP contribution in [-0.4, -0.2) is 57.7 Å². The SMILES string of the molecule is CNCCCC(=O)N1CCN(c2ccc(F)cc2OC)CC1.Cl.Cl. The van der Waals surface area contributed by atoms with Crippen LogP contribution in [0.4, 0.5) is 10.1 Å². The highest BCUT2D eigenvalue weighted by atomic mass is 35.5. The number of hydrogen-bond acceptors (Lipinski definition) is 4. The van der Waals surface area contributed by atoms with Crippen molar-refractivity contribution in [2.75, 3.05) is 51.8 Å². The van der Waals surface area contributed by atoms with Gasteiger partial charge in [0.05, 0.1) is 12.8 Å². The molecule has 1 heterocycles. The van der Waals surface area contributed by atoms with Crippen molar-refractivity contribution in [3.05, 3.63) is 24.0 Å². The van der Waals surface area contributed by atoms with E-state index >= 15 is 0 Å². The van der Waals surface area contributed by atoms with E-state index in [1.165, 1.54) is 12.1 Å². The molecule has 138 valence electrons. The maximum Gasteiger partial charge on any atom is 0.222 e. The molecule has 1 saturated heterocycles. The molecule has 0 atom stereocenters. The first kappa shape index (κ1) is 22.8. The first-order valence-electron chi connectivity index (χ1n) is 7.66. The first-order chi connectivity index (χ1) is 10.7. The molecular weight excluding hydrogens is 356 g/mol. The Bertz CT molecular complexity index is 512. The Morgan fingerprint density at radius 1 is 1.25 bits per heavy atom. The number of ether oxygens (including phenoxy) is 1. The number of carbonyl (C=O) groups excluding carboxylic acids is 1. The molecule has 0 aromatic heterocycles. The van der Waals surface area contributed by atoms with Crippen LogP contribution in [0.2, 0.25) is 0 Å². The Morgan fingerprint density at radius 2 is 1.92 bits per heavy atom. The number of hydrogen-bond donors (Lipinski definition) is 1. The van der Waals surface area contributed by atoms with E-state index in [0.717, 1.165) is 31.7 Å². The highest BCUT2D eigenvalue weighted by molar-refractivity contribution is 5.85. The minimum Gasteiger partial charge on any atom is -0.494 e. The van der Waals surface area contributed by atoms with Gasteiger partial charge in [-0.15, -0.1) is 24.8 Å². The van der Waals surface area contributed by atoms with Crippen LogP contribution in [-0.2, 0) is 4.79 Å². The van der Waals surface area contributed by atoms with E-state index in [9.17, 15) is 9.18 Å². The maximum atomic E-state index is 13.3. The molecule has 0 bridgehead atoms. The third kappa shape index (κ3) is 6.00. The lowest BCUT2D eigenvalue weighted by atomic mass is 10.2. The van der Waals surface area contributed by atoms with Crippen LogP contribution in [0.15, 0.2) is 18.2 Å². The summed E-state index contributed by atoms with van der Waals surface area (Å²) in [6.07, 6.45) is 1.45. The summed E-state index contributed by atoms with van der Waals surface area (Å²) in [5.74, 6) is 0.439. The number of piperazine rings is 1. The summed E-state index contributed by atoms with van der Waals surface area (Å²) in [4.78, 5) is 16.1. The van der Waals surface area contributed by atoms with E-state index < -0.39 is 0 Å². The molecule has 8 heteroatoms. The summed E-state index contributed by atoms with van der Waals surface area (Å²) in [5.41, 5.74) is 0.881. The number of nitrogens with one attached hydrogen (secondary N) is 1. The lowest BCUT2D eigenvalue weighted by molar-refractivity contribution is -0.131. The van der Waals surface area contributed by atoms with Crippen molar-refractivity contribution in [3.63, 3.8) is 0 Å². The summed E-state index contributed by atoms with van der Waals surface area (Å²) in [7, 11) is 3.43. The van der Waals surface area contributed by atoms with Crippen LogP contribution in [0, 0.1) is 5.82 Å². The Balaban J connectivity index is 0.00000264. The predicted molar refractivity (Wildman–Crippen MR) is 99.4 cm³/mol. The van der Waals surface area contributed by atoms with E-state index in [2.05, 4.69) is 10.2 Å². The Hall–Kier alpha value is -1.24. The molecule has 1 aliphatic rings. The Morgan fingerprint density at radius 3 is 2.50 bits per heavy atom. The van der Waals surface area contributed by atoms with Gasteiger partial charge in [0, 0.05) is 38.7 Å². The van der Waals surface area contributed by atoms with E-state index in [0.29, 0.717) is 25.3 Å². The fraction of sp³-hybridized carbons (Fsp3) is 0.562. The average molecular weight is 382 g/mol. The topological polar surface area (TPSA) is 44.8 Å². The number of carbonyl (C=O) groups is 1. The molecule has 1 aliphatic heterocycles. The van der Waals surface area contributed by atoms with Crippen molar-refractivity contribution in [1.82, 2.24) is 10.2 Å². The van der Waals surface area contributed by atoms with Crippen LogP contribution in [0.5, 0.6) is 5.75 Å². The summed E-state index contributed by atoms with van der Waals surface area (Å²) >= 11 is 0. The Kier molecular flexibility index (Phi) is 10.8. The van der Waals surface area contributed by atoms with Crippen molar-refractivity contribution >= 4 is 36.4 Å². The quantitative estimate of drug-likeness (QED) is 0.768. The van der Waals surface area contributed by atoms with Crippen LogP contribution < -0.4 is 15.0 Å². The molecule has 1 amide bonds. The molecule has 0 radical (unpaired) electrons. The minimum atomic E-state index is -0.307. The molecular formula is C16H26Cl2FN3O2. The van der Waals surface area contributed by atoms with Gasteiger partial charge >= 0.3 is 0 Å². The van der Waals surface area contributed by atoms with Gasteiger partial charge < -0.3 is 19.9 Å². The average Bonchev–Trinajstić information content (AvgIpc) is 2.55. The zero-order valence-corrected chi connectivity index (χ0v) is 15.7. The second-order valence-corrected chi connectivity index (χ2v) is 5.39. The number of nitrogens with zero attached hydrogens (tertiary/aromatic N) is 2. The summed E-state index contributed by atoms with van der Waals surface area (Å²) < 4.78 is 18.5. The number of amides is 1. The lowest BCUT2D eigenvalue weighted by Crippen LogP contribution is -2.48. The van der Waals surface area contributed by atoms with Crippen molar-refractivity contribution < 1.29 is 13.9 Å². The zero-order chi connectivity index (χ0) is 15.9. The monoisotopic (exact) mass is 381 g/mol. The number of benzene rings is 1. The highest BCUT2D eigenvalue weighted by Gasteiger charge is 2.22. The van der Waals surface area contributed by atoms with E-state index in [1.54, 1.807) is 13.2 Å². The molecule has 1 aromatic rings.